The third kappa shape index (κ3) is 2.92. The summed E-state index contributed by atoms with van der Waals surface area (Å²) in [6, 6.07) is 5.74. The van der Waals surface area contributed by atoms with Crippen molar-refractivity contribution in [1.29, 1.82) is 0 Å². The molecule has 5 heteroatoms. The van der Waals surface area contributed by atoms with Gasteiger partial charge in [-0.25, -0.2) is 0 Å². The van der Waals surface area contributed by atoms with Crippen LogP contribution in [0.5, 0.6) is 0 Å². The number of hydrogen-bond acceptors (Lipinski definition) is 3. The Kier molecular flexibility index (Phi) is 3.70. The van der Waals surface area contributed by atoms with Gasteiger partial charge in [0, 0.05) is 13.0 Å². The van der Waals surface area contributed by atoms with Gasteiger partial charge in [0.25, 0.3) is 0 Å². The monoisotopic (exact) mass is 276 g/mol. The molecule has 0 aromatic heterocycles. The third-order valence-electron chi connectivity index (χ3n) is 3.39. The Balaban J connectivity index is 2.54. The maximum absolute atomic E-state index is 11.9. The zero-order chi connectivity index (χ0) is 14.9. The van der Waals surface area contributed by atoms with Crippen molar-refractivity contribution in [3.8, 4) is 0 Å². The van der Waals surface area contributed by atoms with E-state index in [1.807, 2.05) is 18.2 Å². The predicted molar refractivity (Wildman–Crippen MR) is 78.2 cm³/mol. The van der Waals surface area contributed by atoms with Gasteiger partial charge in [-0.1, -0.05) is 32.9 Å². The van der Waals surface area contributed by atoms with Gasteiger partial charge in [0.05, 0.1) is 11.4 Å². The first-order valence-corrected chi connectivity index (χ1v) is 6.69. The average Bonchev–Trinajstić information content (AvgIpc) is 2.47. The highest BCUT2D eigenvalue weighted by atomic mass is 16.4. The molecule has 108 valence electrons. The molecule has 20 heavy (non-hydrogen) atoms. The van der Waals surface area contributed by atoms with Crippen LogP contribution in [0.15, 0.2) is 18.2 Å². The van der Waals surface area contributed by atoms with Crippen LogP contribution in [0.2, 0.25) is 0 Å². The van der Waals surface area contributed by atoms with E-state index in [-0.39, 0.29) is 17.9 Å². The number of hydrogen-bond donors (Lipinski definition) is 2. The molecule has 0 atom stereocenters. The highest BCUT2D eigenvalue weighted by Crippen LogP contribution is 2.38. The van der Waals surface area contributed by atoms with Crippen LogP contribution in [0, 0.1) is 0 Å². The zero-order valence-corrected chi connectivity index (χ0v) is 12.1. The molecule has 1 aromatic rings. The molecule has 2 N–H and O–H groups in total. The molecule has 0 unspecified atom stereocenters. The fraction of sp³-hybridized carbons (Fsp3) is 0.467. The van der Waals surface area contributed by atoms with Gasteiger partial charge in [0.1, 0.15) is 6.54 Å². The van der Waals surface area contributed by atoms with Crippen molar-refractivity contribution in [1.82, 2.24) is 0 Å². The summed E-state index contributed by atoms with van der Waals surface area (Å²) >= 11 is 0. The van der Waals surface area contributed by atoms with Crippen molar-refractivity contribution in [2.45, 2.75) is 32.6 Å². The Morgan fingerprint density at radius 3 is 2.70 bits per heavy atom. The normalized spacial score (nSPS) is 15.3. The summed E-state index contributed by atoms with van der Waals surface area (Å²) in [6.07, 6.45) is 0.297. The summed E-state index contributed by atoms with van der Waals surface area (Å²) in [5.74, 6) is -0.970. The first kappa shape index (κ1) is 14.4. The zero-order valence-electron chi connectivity index (χ0n) is 12.1. The fourth-order valence-corrected chi connectivity index (χ4v) is 2.45. The van der Waals surface area contributed by atoms with Crippen LogP contribution in [0.3, 0.4) is 0 Å². The van der Waals surface area contributed by atoms with Crippen LogP contribution >= 0.6 is 0 Å². The number of carbonyl (C=O) groups is 2. The molecule has 1 amide bonds. The minimum Gasteiger partial charge on any atom is -0.480 e. The maximum atomic E-state index is 11.9. The number of carboxylic acid groups (broad SMARTS) is 1. The van der Waals surface area contributed by atoms with Crippen molar-refractivity contribution in [2.75, 3.05) is 23.3 Å². The second kappa shape index (κ2) is 5.15. The molecular formula is C15H20N2O3. The molecule has 0 saturated carbocycles. The highest BCUT2D eigenvalue weighted by Gasteiger charge is 2.26. The minimum atomic E-state index is -0.897. The van der Waals surface area contributed by atoms with Crippen LogP contribution in [0.4, 0.5) is 11.4 Å². The van der Waals surface area contributed by atoms with Crippen LogP contribution in [-0.4, -0.2) is 30.1 Å². The van der Waals surface area contributed by atoms with E-state index < -0.39 is 5.97 Å². The van der Waals surface area contributed by atoms with Gasteiger partial charge in [-0.2, -0.15) is 0 Å². The van der Waals surface area contributed by atoms with E-state index in [9.17, 15) is 9.59 Å². The van der Waals surface area contributed by atoms with Crippen molar-refractivity contribution >= 4 is 23.3 Å². The summed E-state index contributed by atoms with van der Waals surface area (Å²) in [4.78, 5) is 24.6. The van der Waals surface area contributed by atoms with Gasteiger partial charge < -0.3 is 15.3 Å². The molecule has 0 saturated heterocycles. The molecule has 1 aliphatic rings. The molecular weight excluding hydrogens is 256 g/mol. The number of nitrogens with zero attached hydrogens (tertiary/aromatic N) is 1. The first-order valence-electron chi connectivity index (χ1n) is 6.69. The Hall–Kier alpha value is -2.04. The third-order valence-corrected chi connectivity index (χ3v) is 3.39. The summed E-state index contributed by atoms with van der Waals surface area (Å²) in [6.45, 7) is 6.53. The van der Waals surface area contributed by atoms with Gasteiger partial charge in [0.15, 0.2) is 0 Å². The number of carboxylic acids is 1. The Labute approximate surface area is 118 Å². The Morgan fingerprint density at radius 2 is 2.10 bits per heavy atom. The SMILES string of the molecule is CC(C)(C)c1cccc2c1NC(=O)CCN2CC(=O)O. The van der Waals surface area contributed by atoms with E-state index >= 15 is 0 Å². The smallest absolute Gasteiger partial charge is 0.323 e. The molecule has 0 fully saturated rings. The van der Waals surface area contributed by atoms with Crippen LogP contribution < -0.4 is 10.2 Å². The van der Waals surface area contributed by atoms with Gasteiger partial charge in [0.2, 0.25) is 5.91 Å². The topological polar surface area (TPSA) is 69.6 Å². The molecule has 0 bridgehead atoms. The summed E-state index contributed by atoms with van der Waals surface area (Å²) in [5, 5.41) is 12.0. The fourth-order valence-electron chi connectivity index (χ4n) is 2.45. The molecule has 5 nitrogen and oxygen atoms in total. The van der Waals surface area contributed by atoms with E-state index in [1.54, 1.807) is 4.90 Å². The second-order valence-electron chi connectivity index (χ2n) is 6.06. The van der Waals surface area contributed by atoms with Gasteiger partial charge in [-0.05, 0) is 17.0 Å². The van der Waals surface area contributed by atoms with Crippen molar-refractivity contribution < 1.29 is 14.7 Å². The number of amides is 1. The number of fused-ring (bicyclic) bond motifs is 1. The van der Waals surface area contributed by atoms with E-state index in [1.165, 1.54) is 0 Å². The number of carbonyl (C=O) groups excluding carboxylic acids is 1. The molecule has 1 aromatic carbocycles. The van der Waals surface area contributed by atoms with Crippen molar-refractivity contribution in [3.63, 3.8) is 0 Å². The maximum Gasteiger partial charge on any atom is 0.323 e. The number of para-hydroxylation sites is 1. The lowest BCUT2D eigenvalue weighted by molar-refractivity contribution is -0.135. The first-order chi connectivity index (χ1) is 9.29. The highest BCUT2D eigenvalue weighted by molar-refractivity contribution is 5.98. The lowest BCUT2D eigenvalue weighted by Crippen LogP contribution is -2.30. The van der Waals surface area contributed by atoms with Crippen LogP contribution in [0.1, 0.15) is 32.8 Å². The minimum absolute atomic E-state index is 0.0733. The number of anilines is 2. The number of benzene rings is 1. The number of rotatable bonds is 2. The molecule has 0 aliphatic carbocycles. The van der Waals surface area contributed by atoms with Gasteiger partial charge in [-0.15, -0.1) is 0 Å². The Bertz CT molecular complexity index is 547. The number of nitrogens with one attached hydrogen (secondary N) is 1. The molecule has 2 rings (SSSR count). The molecule has 1 heterocycles. The number of aliphatic carboxylic acids is 1. The lowest BCUT2D eigenvalue weighted by atomic mass is 9.85. The van der Waals surface area contributed by atoms with Crippen molar-refractivity contribution in [3.05, 3.63) is 23.8 Å². The molecule has 0 spiro atoms. The second-order valence-corrected chi connectivity index (χ2v) is 6.06. The van der Waals surface area contributed by atoms with E-state index in [0.717, 1.165) is 16.9 Å². The summed E-state index contributed by atoms with van der Waals surface area (Å²) in [7, 11) is 0. The predicted octanol–water partition coefficient (Wildman–Crippen LogP) is 2.22. The van der Waals surface area contributed by atoms with Crippen LogP contribution in [-0.2, 0) is 15.0 Å². The van der Waals surface area contributed by atoms with E-state index in [2.05, 4.69) is 26.1 Å². The van der Waals surface area contributed by atoms with E-state index in [4.69, 9.17) is 5.11 Å². The lowest BCUT2D eigenvalue weighted by Gasteiger charge is -2.27. The Morgan fingerprint density at radius 1 is 1.40 bits per heavy atom. The summed E-state index contributed by atoms with van der Waals surface area (Å²) < 4.78 is 0. The molecule has 1 aliphatic heterocycles. The van der Waals surface area contributed by atoms with Crippen LogP contribution in [0.25, 0.3) is 0 Å². The molecule has 0 radical (unpaired) electrons. The van der Waals surface area contributed by atoms with Gasteiger partial charge in [-0.3, -0.25) is 9.59 Å². The standard InChI is InChI=1S/C15H20N2O3/c1-15(2,3)10-5-4-6-11-14(10)16-12(18)7-8-17(11)9-13(19)20/h4-6H,7-9H2,1-3H3,(H,16,18)(H,19,20). The summed E-state index contributed by atoms with van der Waals surface area (Å²) in [5.41, 5.74) is 2.41. The van der Waals surface area contributed by atoms with Crippen molar-refractivity contribution in [2.24, 2.45) is 0 Å². The average molecular weight is 276 g/mol. The van der Waals surface area contributed by atoms with E-state index in [0.29, 0.717) is 13.0 Å². The quantitative estimate of drug-likeness (QED) is 0.869. The van der Waals surface area contributed by atoms with Gasteiger partial charge >= 0.3 is 5.97 Å². The largest absolute Gasteiger partial charge is 0.480 e.